The summed E-state index contributed by atoms with van der Waals surface area (Å²) in [6, 6.07) is 15.1. The molecule has 1 aliphatic heterocycles. The van der Waals surface area contributed by atoms with Crippen LogP contribution in [0.3, 0.4) is 0 Å². The van der Waals surface area contributed by atoms with Crippen LogP contribution in [0.2, 0.25) is 5.02 Å². The molecule has 1 saturated heterocycles. The van der Waals surface area contributed by atoms with Crippen molar-refractivity contribution >= 4 is 23.2 Å². The number of benzene rings is 2. The van der Waals surface area contributed by atoms with Gasteiger partial charge in [-0.25, -0.2) is 0 Å². The average Bonchev–Trinajstić information content (AvgIpc) is 2.78. The zero-order chi connectivity index (χ0) is 21.4. The number of anilines is 1. The molecule has 1 heterocycles. The Hall–Kier alpha value is -2.08. The predicted octanol–water partition coefficient (Wildman–Crippen LogP) is 4.75. The van der Waals surface area contributed by atoms with E-state index in [2.05, 4.69) is 24.1 Å². The second-order valence-electron chi connectivity index (χ2n) is 7.53. The lowest BCUT2D eigenvalue weighted by molar-refractivity contribution is -0.125. The minimum Gasteiger partial charge on any atom is -0.492 e. The van der Waals surface area contributed by atoms with Crippen LogP contribution in [0.5, 0.6) is 5.75 Å². The molecule has 162 valence electrons. The van der Waals surface area contributed by atoms with E-state index < -0.39 is 5.41 Å². The Morgan fingerprint density at radius 3 is 2.40 bits per heavy atom. The van der Waals surface area contributed by atoms with Crippen LogP contribution in [0.15, 0.2) is 48.5 Å². The minimum absolute atomic E-state index is 0.0471. The fourth-order valence-corrected chi connectivity index (χ4v) is 4.22. The zero-order valence-corrected chi connectivity index (χ0v) is 18.6. The summed E-state index contributed by atoms with van der Waals surface area (Å²) < 4.78 is 11.4. The van der Waals surface area contributed by atoms with E-state index in [1.54, 1.807) is 0 Å². The number of halogens is 1. The maximum Gasteiger partial charge on any atom is 0.235 e. The summed E-state index contributed by atoms with van der Waals surface area (Å²) in [6.45, 7) is 8.95. The number of carbonyl (C=O) groups is 1. The van der Waals surface area contributed by atoms with Crippen molar-refractivity contribution < 1.29 is 14.3 Å². The Balaban J connectivity index is 1.67. The summed E-state index contributed by atoms with van der Waals surface area (Å²) >= 11 is 6.47. The summed E-state index contributed by atoms with van der Waals surface area (Å²) in [5.74, 6) is 0.751. The highest BCUT2D eigenvalue weighted by molar-refractivity contribution is 6.31. The minimum atomic E-state index is -0.685. The van der Waals surface area contributed by atoms with E-state index in [9.17, 15) is 4.79 Å². The Bertz CT molecular complexity index is 815. The normalized spacial score (nSPS) is 15.7. The monoisotopic (exact) mass is 430 g/mol. The molecule has 1 amide bonds. The molecular formula is C24H31ClN2O3. The molecule has 2 aromatic rings. The Kier molecular flexibility index (Phi) is 8.14. The predicted molar refractivity (Wildman–Crippen MR) is 122 cm³/mol. The van der Waals surface area contributed by atoms with Crippen LogP contribution >= 0.6 is 11.6 Å². The summed E-state index contributed by atoms with van der Waals surface area (Å²) in [5, 5.41) is 3.70. The van der Waals surface area contributed by atoms with Gasteiger partial charge < -0.3 is 19.7 Å². The molecule has 0 saturated carbocycles. The molecule has 0 aromatic heterocycles. The smallest absolute Gasteiger partial charge is 0.235 e. The van der Waals surface area contributed by atoms with E-state index in [4.69, 9.17) is 21.1 Å². The van der Waals surface area contributed by atoms with Crippen LogP contribution in [0, 0.1) is 0 Å². The number of nitrogens with one attached hydrogen (secondary N) is 1. The van der Waals surface area contributed by atoms with Crippen LogP contribution in [0.25, 0.3) is 0 Å². The summed E-state index contributed by atoms with van der Waals surface area (Å²) in [7, 11) is 0. The van der Waals surface area contributed by atoms with Crippen LogP contribution in [-0.4, -0.2) is 50.3 Å². The second-order valence-corrected chi connectivity index (χ2v) is 7.94. The van der Waals surface area contributed by atoms with Crippen molar-refractivity contribution in [3.8, 4) is 5.75 Å². The van der Waals surface area contributed by atoms with Crippen LogP contribution in [0.4, 0.5) is 5.69 Å². The first-order valence-electron chi connectivity index (χ1n) is 10.7. The van der Waals surface area contributed by atoms with Crippen molar-refractivity contribution in [2.75, 3.05) is 44.8 Å². The fraction of sp³-hybridized carbons (Fsp3) is 0.458. The van der Waals surface area contributed by atoms with Gasteiger partial charge in [0.05, 0.1) is 5.41 Å². The third kappa shape index (κ3) is 5.34. The number of ether oxygens (including phenoxy) is 2. The van der Waals surface area contributed by atoms with E-state index >= 15 is 0 Å². The number of rotatable bonds is 9. The highest BCUT2D eigenvalue weighted by Crippen LogP contribution is 2.39. The lowest BCUT2D eigenvalue weighted by Crippen LogP contribution is -2.45. The molecule has 1 fully saturated rings. The average molecular weight is 431 g/mol. The summed E-state index contributed by atoms with van der Waals surface area (Å²) in [6.07, 6.45) is 1.21. The third-order valence-electron chi connectivity index (χ3n) is 5.85. The van der Waals surface area contributed by atoms with Gasteiger partial charge in [0.15, 0.2) is 0 Å². The molecule has 0 unspecified atom stereocenters. The first-order valence-corrected chi connectivity index (χ1v) is 11.1. The van der Waals surface area contributed by atoms with Crippen LogP contribution in [0.1, 0.15) is 32.3 Å². The van der Waals surface area contributed by atoms with Gasteiger partial charge in [-0.15, -0.1) is 0 Å². The van der Waals surface area contributed by atoms with Crippen molar-refractivity contribution in [1.29, 1.82) is 0 Å². The Morgan fingerprint density at radius 1 is 1.10 bits per heavy atom. The molecular weight excluding hydrogens is 400 g/mol. The molecule has 6 heteroatoms. The first-order chi connectivity index (χ1) is 14.6. The SMILES string of the molecule is CCN(CC)CCOc1ccc(NC(=O)C2(c3ccccc3Cl)CCOCC2)cc1. The highest BCUT2D eigenvalue weighted by Gasteiger charge is 2.43. The van der Waals surface area contributed by atoms with Gasteiger partial charge in [-0.1, -0.05) is 43.6 Å². The van der Waals surface area contributed by atoms with Crippen molar-refractivity contribution in [3.63, 3.8) is 0 Å². The molecule has 0 atom stereocenters. The standard InChI is InChI=1S/C24H31ClN2O3/c1-3-27(4-2)15-18-30-20-11-9-19(10-12-20)26-23(28)24(13-16-29-17-14-24)21-7-5-6-8-22(21)25/h5-12H,3-4,13-18H2,1-2H3,(H,26,28). The first kappa shape index (κ1) is 22.6. The van der Waals surface area contributed by atoms with E-state index in [-0.39, 0.29) is 5.91 Å². The van der Waals surface area contributed by atoms with Gasteiger partial charge in [-0.05, 0) is 61.8 Å². The summed E-state index contributed by atoms with van der Waals surface area (Å²) in [4.78, 5) is 15.7. The molecule has 2 aromatic carbocycles. The maximum absolute atomic E-state index is 13.4. The van der Waals surface area contributed by atoms with Gasteiger partial charge >= 0.3 is 0 Å². The Labute approximate surface area is 184 Å². The molecule has 30 heavy (non-hydrogen) atoms. The van der Waals surface area contributed by atoms with Crippen LogP contribution < -0.4 is 10.1 Å². The van der Waals surface area contributed by atoms with Gasteiger partial charge in [-0.2, -0.15) is 0 Å². The Morgan fingerprint density at radius 2 is 1.77 bits per heavy atom. The third-order valence-corrected chi connectivity index (χ3v) is 6.18. The van der Waals surface area contributed by atoms with Gasteiger partial charge in [0.1, 0.15) is 12.4 Å². The number of likely N-dealkylation sites (N-methyl/N-ethyl adjacent to an activating group) is 1. The van der Waals surface area contributed by atoms with Gasteiger partial charge in [-0.3, -0.25) is 4.79 Å². The van der Waals surface area contributed by atoms with Crippen molar-refractivity contribution in [2.45, 2.75) is 32.1 Å². The lowest BCUT2D eigenvalue weighted by atomic mass is 9.73. The fourth-order valence-electron chi connectivity index (χ4n) is 3.91. The topological polar surface area (TPSA) is 50.8 Å². The van der Waals surface area contributed by atoms with E-state index in [0.717, 1.165) is 36.6 Å². The number of hydrogen-bond acceptors (Lipinski definition) is 4. The van der Waals surface area contributed by atoms with Crippen molar-refractivity contribution in [3.05, 3.63) is 59.1 Å². The molecule has 0 aliphatic carbocycles. The number of amides is 1. The number of hydrogen-bond donors (Lipinski definition) is 1. The molecule has 5 nitrogen and oxygen atoms in total. The molecule has 0 spiro atoms. The van der Waals surface area contributed by atoms with Crippen molar-refractivity contribution in [2.24, 2.45) is 0 Å². The van der Waals surface area contributed by atoms with Crippen LogP contribution in [-0.2, 0) is 14.9 Å². The molecule has 3 rings (SSSR count). The lowest BCUT2D eigenvalue weighted by Gasteiger charge is -2.36. The summed E-state index contributed by atoms with van der Waals surface area (Å²) in [5.41, 5.74) is 0.924. The maximum atomic E-state index is 13.4. The quantitative estimate of drug-likeness (QED) is 0.623. The van der Waals surface area contributed by atoms with E-state index in [1.165, 1.54) is 0 Å². The molecule has 1 N–H and O–H groups in total. The largest absolute Gasteiger partial charge is 0.492 e. The van der Waals surface area contributed by atoms with Gasteiger partial charge in [0, 0.05) is 30.5 Å². The number of nitrogens with zero attached hydrogens (tertiary/aromatic N) is 1. The van der Waals surface area contributed by atoms with E-state index in [0.29, 0.717) is 37.7 Å². The van der Waals surface area contributed by atoms with E-state index in [1.807, 2.05) is 48.5 Å². The number of carbonyl (C=O) groups excluding carboxylic acids is 1. The van der Waals surface area contributed by atoms with Crippen molar-refractivity contribution in [1.82, 2.24) is 4.90 Å². The van der Waals surface area contributed by atoms with Gasteiger partial charge in [0.25, 0.3) is 0 Å². The molecule has 1 aliphatic rings. The second kappa shape index (κ2) is 10.8. The zero-order valence-electron chi connectivity index (χ0n) is 17.8. The molecule has 0 radical (unpaired) electrons. The molecule has 0 bridgehead atoms. The highest BCUT2D eigenvalue weighted by atomic mass is 35.5. The van der Waals surface area contributed by atoms with Gasteiger partial charge in [0.2, 0.25) is 5.91 Å².